The third-order valence-corrected chi connectivity index (χ3v) is 5.02. The van der Waals surface area contributed by atoms with Crippen LogP contribution in [0.5, 0.6) is 17.2 Å². The highest BCUT2D eigenvalue weighted by Crippen LogP contribution is 2.41. The summed E-state index contributed by atoms with van der Waals surface area (Å²) < 4.78 is 25.2. The van der Waals surface area contributed by atoms with Gasteiger partial charge in [-0.3, -0.25) is 4.79 Å². The van der Waals surface area contributed by atoms with Crippen molar-refractivity contribution in [3.8, 4) is 28.5 Å². The zero-order valence-electron chi connectivity index (χ0n) is 18.4. The number of aryl methyl sites for hydroxylation is 2. The quantitative estimate of drug-likeness (QED) is 0.608. The molecule has 0 fully saturated rings. The van der Waals surface area contributed by atoms with Crippen LogP contribution >= 0.6 is 0 Å². The minimum atomic E-state index is -0.415. The standard InChI is InChI=1S/C24H27FN2O3/c1-13-10-16(24(4,5)6)11-20(30-18-9-8-17(25)12-19(18)29-7)21(13)22-14(2)23(28)27-15(3)26-22/h8-12H,1-7H3,(H,26,27,28). The molecule has 0 aliphatic rings. The minimum absolute atomic E-state index is 0.124. The molecule has 0 aliphatic carbocycles. The highest BCUT2D eigenvalue weighted by atomic mass is 19.1. The van der Waals surface area contributed by atoms with E-state index in [4.69, 9.17) is 9.47 Å². The minimum Gasteiger partial charge on any atom is -0.493 e. The van der Waals surface area contributed by atoms with Crippen molar-refractivity contribution in [3.63, 3.8) is 0 Å². The molecule has 158 valence electrons. The van der Waals surface area contributed by atoms with Gasteiger partial charge in [0.15, 0.2) is 11.5 Å². The molecule has 1 aromatic heterocycles. The molecular weight excluding hydrogens is 383 g/mol. The fourth-order valence-corrected chi connectivity index (χ4v) is 3.30. The number of halogens is 1. The normalized spacial score (nSPS) is 11.5. The lowest BCUT2D eigenvalue weighted by Crippen LogP contribution is -2.16. The van der Waals surface area contributed by atoms with Crippen LogP contribution in [0, 0.1) is 26.6 Å². The largest absolute Gasteiger partial charge is 0.493 e. The molecule has 0 saturated heterocycles. The first-order valence-corrected chi connectivity index (χ1v) is 9.75. The fourth-order valence-electron chi connectivity index (χ4n) is 3.30. The Hall–Kier alpha value is -3.15. The van der Waals surface area contributed by atoms with Crippen LogP contribution in [-0.4, -0.2) is 17.1 Å². The molecule has 0 radical (unpaired) electrons. The van der Waals surface area contributed by atoms with Crippen LogP contribution in [0.2, 0.25) is 0 Å². The number of ether oxygens (including phenoxy) is 2. The highest BCUT2D eigenvalue weighted by molar-refractivity contribution is 5.74. The van der Waals surface area contributed by atoms with E-state index >= 15 is 0 Å². The average molecular weight is 410 g/mol. The van der Waals surface area contributed by atoms with Crippen LogP contribution in [0.3, 0.4) is 0 Å². The van der Waals surface area contributed by atoms with E-state index in [0.29, 0.717) is 28.6 Å². The van der Waals surface area contributed by atoms with Crippen molar-refractivity contribution in [2.24, 2.45) is 0 Å². The number of rotatable bonds is 4. The molecule has 1 N–H and O–H groups in total. The Labute approximate surface area is 175 Å². The van der Waals surface area contributed by atoms with Gasteiger partial charge in [0.1, 0.15) is 17.4 Å². The summed E-state index contributed by atoms with van der Waals surface area (Å²) in [6.45, 7) is 11.8. The van der Waals surface area contributed by atoms with E-state index in [9.17, 15) is 9.18 Å². The Bertz CT molecular complexity index is 1160. The molecule has 1 heterocycles. The number of H-pyrrole nitrogens is 1. The Kier molecular flexibility index (Phi) is 5.70. The van der Waals surface area contributed by atoms with Gasteiger partial charge in [-0.25, -0.2) is 9.37 Å². The summed E-state index contributed by atoms with van der Waals surface area (Å²) in [5.74, 6) is 1.30. The van der Waals surface area contributed by atoms with Crippen LogP contribution in [0.1, 0.15) is 43.3 Å². The summed E-state index contributed by atoms with van der Waals surface area (Å²) in [5, 5.41) is 0. The summed E-state index contributed by atoms with van der Waals surface area (Å²) in [6.07, 6.45) is 0. The van der Waals surface area contributed by atoms with Crippen molar-refractivity contribution < 1.29 is 13.9 Å². The van der Waals surface area contributed by atoms with Gasteiger partial charge in [0.25, 0.3) is 5.56 Å². The maximum atomic E-state index is 13.7. The Morgan fingerprint density at radius 2 is 1.70 bits per heavy atom. The van der Waals surface area contributed by atoms with Crippen LogP contribution in [0.15, 0.2) is 35.1 Å². The third kappa shape index (κ3) is 4.22. The van der Waals surface area contributed by atoms with Crippen LogP contribution in [-0.2, 0) is 5.41 Å². The fraction of sp³-hybridized carbons (Fsp3) is 0.333. The highest BCUT2D eigenvalue weighted by Gasteiger charge is 2.23. The number of aromatic nitrogens is 2. The third-order valence-electron chi connectivity index (χ3n) is 5.02. The number of aromatic amines is 1. The van der Waals surface area contributed by atoms with Crippen LogP contribution in [0.25, 0.3) is 11.3 Å². The van der Waals surface area contributed by atoms with Crippen molar-refractivity contribution in [3.05, 3.63) is 69.0 Å². The number of hydrogen-bond donors (Lipinski definition) is 1. The zero-order chi connectivity index (χ0) is 22.2. The molecule has 3 aromatic rings. The zero-order valence-corrected chi connectivity index (χ0v) is 18.4. The van der Waals surface area contributed by atoms with E-state index in [1.807, 2.05) is 13.0 Å². The molecule has 5 nitrogen and oxygen atoms in total. The molecule has 30 heavy (non-hydrogen) atoms. The van der Waals surface area contributed by atoms with Gasteiger partial charge in [0.05, 0.1) is 12.8 Å². The van der Waals surface area contributed by atoms with E-state index in [-0.39, 0.29) is 16.7 Å². The van der Waals surface area contributed by atoms with Gasteiger partial charge in [-0.15, -0.1) is 0 Å². The second-order valence-corrected chi connectivity index (χ2v) is 8.44. The van der Waals surface area contributed by atoms with E-state index in [1.165, 1.54) is 25.3 Å². The molecule has 0 atom stereocenters. The first-order chi connectivity index (χ1) is 14.0. The van der Waals surface area contributed by atoms with Crippen molar-refractivity contribution >= 4 is 0 Å². The Morgan fingerprint density at radius 3 is 2.33 bits per heavy atom. The Balaban J connectivity index is 2.30. The average Bonchev–Trinajstić information content (AvgIpc) is 2.65. The first kappa shape index (κ1) is 21.6. The summed E-state index contributed by atoms with van der Waals surface area (Å²) in [6, 6.07) is 8.15. The van der Waals surface area contributed by atoms with Gasteiger partial charge in [0, 0.05) is 17.2 Å². The molecule has 0 amide bonds. The summed E-state index contributed by atoms with van der Waals surface area (Å²) in [5.41, 5.74) is 3.47. The molecule has 0 unspecified atom stereocenters. The second kappa shape index (κ2) is 7.94. The summed E-state index contributed by atoms with van der Waals surface area (Å²) in [7, 11) is 1.46. The van der Waals surface area contributed by atoms with Gasteiger partial charge in [-0.2, -0.15) is 0 Å². The molecule has 6 heteroatoms. The van der Waals surface area contributed by atoms with Gasteiger partial charge >= 0.3 is 0 Å². The SMILES string of the molecule is COc1cc(F)ccc1Oc1cc(C(C)(C)C)cc(C)c1-c1nc(C)[nH]c(=O)c1C. The molecule has 0 aliphatic heterocycles. The van der Waals surface area contributed by atoms with Crippen molar-refractivity contribution in [2.45, 2.75) is 47.0 Å². The second-order valence-electron chi connectivity index (χ2n) is 8.44. The molecule has 0 bridgehead atoms. The van der Waals surface area contributed by atoms with E-state index in [1.54, 1.807) is 13.8 Å². The number of hydrogen-bond acceptors (Lipinski definition) is 4. The lowest BCUT2D eigenvalue weighted by molar-refractivity contribution is 0.375. The number of nitrogens with one attached hydrogen (secondary N) is 1. The summed E-state index contributed by atoms with van der Waals surface area (Å²) in [4.78, 5) is 19.7. The predicted molar refractivity (Wildman–Crippen MR) is 116 cm³/mol. The van der Waals surface area contributed by atoms with Gasteiger partial charge in [-0.05, 0) is 55.5 Å². The Morgan fingerprint density at radius 1 is 1.00 bits per heavy atom. The number of nitrogens with zero attached hydrogens (tertiary/aromatic N) is 1. The lowest BCUT2D eigenvalue weighted by atomic mass is 9.84. The first-order valence-electron chi connectivity index (χ1n) is 9.75. The van der Waals surface area contributed by atoms with Gasteiger partial charge in [-0.1, -0.05) is 26.8 Å². The predicted octanol–water partition coefficient (Wildman–Crippen LogP) is 5.60. The summed E-state index contributed by atoms with van der Waals surface area (Å²) >= 11 is 0. The van der Waals surface area contributed by atoms with Gasteiger partial charge in [0.2, 0.25) is 0 Å². The molecule has 0 saturated carbocycles. The van der Waals surface area contributed by atoms with Gasteiger partial charge < -0.3 is 14.5 Å². The van der Waals surface area contributed by atoms with Crippen LogP contribution < -0.4 is 15.0 Å². The van der Waals surface area contributed by atoms with Crippen molar-refractivity contribution in [1.82, 2.24) is 9.97 Å². The van der Waals surface area contributed by atoms with Crippen molar-refractivity contribution in [1.29, 1.82) is 0 Å². The topological polar surface area (TPSA) is 64.2 Å². The van der Waals surface area contributed by atoms with Crippen molar-refractivity contribution in [2.75, 3.05) is 7.11 Å². The molecule has 3 rings (SSSR count). The lowest BCUT2D eigenvalue weighted by Gasteiger charge is -2.24. The molecule has 0 spiro atoms. The maximum Gasteiger partial charge on any atom is 0.254 e. The van der Waals surface area contributed by atoms with Crippen LogP contribution in [0.4, 0.5) is 4.39 Å². The molecular formula is C24H27FN2O3. The number of benzene rings is 2. The molecule has 2 aromatic carbocycles. The smallest absolute Gasteiger partial charge is 0.254 e. The number of methoxy groups -OCH3 is 1. The van der Waals surface area contributed by atoms with E-state index < -0.39 is 5.82 Å². The van der Waals surface area contributed by atoms with E-state index in [2.05, 4.69) is 36.8 Å². The monoisotopic (exact) mass is 410 g/mol. The van der Waals surface area contributed by atoms with E-state index in [0.717, 1.165) is 16.7 Å². The maximum absolute atomic E-state index is 13.7.